The Morgan fingerprint density at radius 3 is 2.40 bits per heavy atom. The maximum Gasteiger partial charge on any atom is 0.414 e. The van der Waals surface area contributed by atoms with E-state index in [4.69, 9.17) is 27.2 Å². The molecule has 0 saturated carbocycles. The normalized spacial score (nSPS) is 16.7. The Kier molecular flexibility index (Phi) is 9.91. The molecule has 42 heavy (non-hydrogen) atoms. The molecule has 12 nitrogen and oxygen atoms in total. The van der Waals surface area contributed by atoms with Crippen molar-refractivity contribution < 1.29 is 38.5 Å². The van der Waals surface area contributed by atoms with Crippen molar-refractivity contribution in [1.29, 1.82) is 0 Å². The van der Waals surface area contributed by atoms with E-state index >= 15 is 4.39 Å². The number of halogens is 1. The highest BCUT2D eigenvalue weighted by Crippen LogP contribution is 2.29. The standard InChI is InChI=1S/C28H32FN5O7S/c1-2-26(42)33(16-24(36)30-19-5-3-18(4-6-19)27(38)39)14-21-15-34(28(40)41-21)20-7-8-23(22(29)13-20)31-9-11-32(12-10-31)25(37)17-35/h3-8,13,21,35H,2,9-12,14-17H2,1H3,(H,30,36)(H,38,39)/t21-/m0/s1. The Labute approximate surface area is 247 Å². The topological polar surface area (TPSA) is 143 Å². The molecule has 0 aliphatic carbocycles. The van der Waals surface area contributed by atoms with Crippen molar-refractivity contribution in [1.82, 2.24) is 9.80 Å². The average molecular weight is 602 g/mol. The third kappa shape index (κ3) is 7.31. The van der Waals surface area contributed by atoms with Crippen LogP contribution in [0.3, 0.4) is 0 Å². The molecule has 3 N–H and O–H groups in total. The maximum atomic E-state index is 15.1. The lowest BCUT2D eigenvalue weighted by Gasteiger charge is -2.36. The van der Waals surface area contributed by atoms with E-state index < -0.39 is 30.6 Å². The number of hydrogen-bond donors (Lipinski definition) is 3. The van der Waals surface area contributed by atoms with E-state index in [1.807, 2.05) is 6.92 Å². The molecule has 2 aliphatic heterocycles. The number of rotatable bonds is 10. The van der Waals surface area contributed by atoms with Crippen LogP contribution in [-0.2, 0) is 14.3 Å². The zero-order valence-electron chi connectivity index (χ0n) is 23.0. The number of aromatic carboxylic acids is 1. The molecule has 0 spiro atoms. The Hall–Kier alpha value is -4.30. The third-order valence-corrected chi connectivity index (χ3v) is 7.60. The van der Waals surface area contributed by atoms with Gasteiger partial charge in [0, 0.05) is 31.9 Å². The number of nitrogens with zero attached hydrogens (tertiary/aromatic N) is 4. The fourth-order valence-corrected chi connectivity index (χ4v) is 4.98. The van der Waals surface area contributed by atoms with Crippen LogP contribution < -0.4 is 15.1 Å². The van der Waals surface area contributed by atoms with Gasteiger partial charge in [-0.05, 0) is 48.9 Å². The number of cyclic esters (lactones) is 1. The molecule has 2 saturated heterocycles. The van der Waals surface area contributed by atoms with Gasteiger partial charge in [-0.25, -0.2) is 14.0 Å². The SMILES string of the molecule is CCC(=S)N(CC(=O)Nc1ccc(C(=O)O)cc1)C[C@H]1CN(c2ccc(N3CCN(C(=O)CO)CC3)c(F)c2)C(=O)O1. The van der Waals surface area contributed by atoms with Crippen molar-refractivity contribution >= 4 is 58.1 Å². The third-order valence-electron chi connectivity index (χ3n) is 7.05. The minimum absolute atomic E-state index is 0.0960. The summed E-state index contributed by atoms with van der Waals surface area (Å²) in [5.41, 5.74) is 1.20. The zero-order valence-corrected chi connectivity index (χ0v) is 23.8. The van der Waals surface area contributed by atoms with E-state index in [1.165, 1.54) is 40.1 Å². The molecule has 0 unspecified atom stereocenters. The number of carbonyl (C=O) groups is 4. The molecule has 2 aliphatic rings. The van der Waals surface area contributed by atoms with Gasteiger partial charge in [0.2, 0.25) is 11.8 Å². The largest absolute Gasteiger partial charge is 0.478 e. The van der Waals surface area contributed by atoms with E-state index in [1.54, 1.807) is 21.9 Å². The van der Waals surface area contributed by atoms with E-state index in [9.17, 15) is 19.2 Å². The van der Waals surface area contributed by atoms with Crippen molar-refractivity contribution in [2.45, 2.75) is 19.4 Å². The number of carboxylic acids is 1. The highest BCUT2D eigenvalue weighted by molar-refractivity contribution is 7.80. The summed E-state index contributed by atoms with van der Waals surface area (Å²) in [6, 6.07) is 10.2. The van der Waals surface area contributed by atoms with Gasteiger partial charge in [0.15, 0.2) is 0 Å². The molecule has 2 aromatic rings. The highest BCUT2D eigenvalue weighted by Gasteiger charge is 2.35. The molecule has 4 rings (SSSR count). The fraction of sp³-hybridized carbons (Fsp3) is 0.393. The quantitative estimate of drug-likeness (QED) is 0.347. The van der Waals surface area contributed by atoms with Crippen LogP contribution in [0.2, 0.25) is 0 Å². The Bertz CT molecular complexity index is 1350. The second-order valence-corrected chi connectivity index (χ2v) is 10.3. The summed E-state index contributed by atoms with van der Waals surface area (Å²) in [5.74, 6) is -2.33. The van der Waals surface area contributed by atoms with E-state index in [-0.39, 0.29) is 37.0 Å². The summed E-state index contributed by atoms with van der Waals surface area (Å²) in [6.45, 7) is 3.00. The lowest BCUT2D eigenvalue weighted by molar-refractivity contribution is -0.134. The Morgan fingerprint density at radius 2 is 1.81 bits per heavy atom. The molecule has 2 fully saturated rings. The number of aliphatic hydroxyl groups is 1. The van der Waals surface area contributed by atoms with Crippen molar-refractivity contribution in [2.75, 3.05) is 67.5 Å². The predicted octanol–water partition coefficient (Wildman–Crippen LogP) is 2.17. The summed E-state index contributed by atoms with van der Waals surface area (Å²) >= 11 is 5.45. The number of aliphatic hydroxyl groups excluding tert-OH is 1. The first-order valence-electron chi connectivity index (χ1n) is 13.4. The number of hydrogen-bond acceptors (Lipinski definition) is 8. The lowest BCUT2D eigenvalue weighted by atomic mass is 10.2. The van der Waals surface area contributed by atoms with Gasteiger partial charge >= 0.3 is 12.1 Å². The maximum absolute atomic E-state index is 15.1. The van der Waals surface area contributed by atoms with Gasteiger partial charge < -0.3 is 35.0 Å². The van der Waals surface area contributed by atoms with Crippen molar-refractivity contribution in [3.8, 4) is 0 Å². The minimum atomic E-state index is -1.07. The number of benzene rings is 2. The summed E-state index contributed by atoms with van der Waals surface area (Å²) in [5, 5.41) is 20.8. The van der Waals surface area contributed by atoms with Crippen LogP contribution in [-0.4, -0.2) is 107 Å². The number of thiocarbonyl (C=S) groups is 1. The number of carboxylic acid groups (broad SMARTS) is 1. The summed E-state index contributed by atoms with van der Waals surface area (Å²) in [4.78, 5) is 55.0. The second kappa shape index (κ2) is 13.6. The van der Waals surface area contributed by atoms with Gasteiger partial charge in [-0.1, -0.05) is 19.1 Å². The molecule has 0 aromatic heterocycles. The van der Waals surface area contributed by atoms with Crippen LogP contribution in [0.15, 0.2) is 42.5 Å². The molecule has 3 amide bonds. The zero-order chi connectivity index (χ0) is 30.4. The molecule has 2 heterocycles. The van der Waals surface area contributed by atoms with Gasteiger partial charge in [0.05, 0.1) is 41.6 Å². The van der Waals surface area contributed by atoms with E-state index in [2.05, 4.69) is 5.32 Å². The molecule has 14 heteroatoms. The summed E-state index contributed by atoms with van der Waals surface area (Å²) in [7, 11) is 0. The molecule has 0 bridgehead atoms. The van der Waals surface area contributed by atoms with Gasteiger partial charge in [-0.2, -0.15) is 0 Å². The fourth-order valence-electron chi connectivity index (χ4n) is 4.84. The van der Waals surface area contributed by atoms with Crippen LogP contribution in [0.5, 0.6) is 0 Å². The molecule has 2 aromatic carbocycles. The Morgan fingerprint density at radius 1 is 1.12 bits per heavy atom. The van der Waals surface area contributed by atoms with Gasteiger partial charge in [-0.15, -0.1) is 0 Å². The lowest BCUT2D eigenvalue weighted by Crippen LogP contribution is -2.49. The van der Waals surface area contributed by atoms with Gasteiger partial charge in [0.25, 0.3) is 0 Å². The van der Waals surface area contributed by atoms with Crippen LogP contribution in [0.1, 0.15) is 23.7 Å². The van der Waals surface area contributed by atoms with Crippen LogP contribution in [0, 0.1) is 5.82 Å². The molecular weight excluding hydrogens is 569 g/mol. The number of carbonyl (C=O) groups excluding carboxylic acids is 3. The minimum Gasteiger partial charge on any atom is -0.478 e. The molecular formula is C28H32FN5O7S. The number of ether oxygens (including phenoxy) is 1. The van der Waals surface area contributed by atoms with Crippen LogP contribution in [0.4, 0.5) is 26.2 Å². The van der Waals surface area contributed by atoms with Crippen LogP contribution >= 0.6 is 12.2 Å². The van der Waals surface area contributed by atoms with Crippen LogP contribution in [0.25, 0.3) is 0 Å². The second-order valence-electron chi connectivity index (χ2n) is 9.84. The molecule has 0 radical (unpaired) electrons. The van der Waals surface area contributed by atoms with Crippen molar-refractivity contribution in [3.05, 3.63) is 53.8 Å². The first kappa shape index (κ1) is 30.7. The average Bonchev–Trinajstić information content (AvgIpc) is 3.35. The number of amides is 3. The van der Waals surface area contributed by atoms with E-state index in [0.29, 0.717) is 54.7 Å². The smallest absolute Gasteiger partial charge is 0.414 e. The molecule has 1 atom stereocenters. The monoisotopic (exact) mass is 601 g/mol. The van der Waals surface area contributed by atoms with Crippen molar-refractivity contribution in [3.63, 3.8) is 0 Å². The van der Waals surface area contributed by atoms with Crippen molar-refractivity contribution in [2.24, 2.45) is 0 Å². The Balaban J connectivity index is 1.36. The number of anilines is 3. The summed E-state index contributed by atoms with van der Waals surface area (Å²) in [6.07, 6.45) is -0.798. The first-order chi connectivity index (χ1) is 20.1. The van der Waals surface area contributed by atoms with Gasteiger partial charge in [-0.3, -0.25) is 14.5 Å². The number of piperazine rings is 1. The van der Waals surface area contributed by atoms with E-state index in [0.717, 1.165) is 0 Å². The summed E-state index contributed by atoms with van der Waals surface area (Å²) < 4.78 is 20.7. The number of nitrogens with one attached hydrogen (secondary N) is 1. The molecule has 224 valence electrons. The predicted molar refractivity (Wildman–Crippen MR) is 156 cm³/mol. The highest BCUT2D eigenvalue weighted by atomic mass is 32.1. The van der Waals surface area contributed by atoms with Gasteiger partial charge in [0.1, 0.15) is 18.5 Å². The first-order valence-corrected chi connectivity index (χ1v) is 13.8.